The Morgan fingerprint density at radius 3 is 1.73 bits per heavy atom. The lowest BCUT2D eigenvalue weighted by Crippen LogP contribution is -2.15. The molecule has 8 heteroatoms. The molecular weight excluding hydrogens is 314 g/mol. The topological polar surface area (TPSA) is 26.3 Å². The molecule has 2 nitrogen and oxygen atoms in total. The third-order valence-corrected chi connectivity index (χ3v) is 2.65. The number of rotatable bonds is 3. The number of hydrogen-bond acceptors (Lipinski definition) is 2. The van der Waals surface area contributed by atoms with Crippen molar-refractivity contribution in [2.45, 2.75) is 6.42 Å². The van der Waals surface area contributed by atoms with Crippen molar-refractivity contribution >= 4 is 5.97 Å². The van der Waals surface area contributed by atoms with Crippen molar-refractivity contribution in [3.63, 3.8) is 0 Å². The summed E-state index contributed by atoms with van der Waals surface area (Å²) in [5.41, 5.74) is 0.232. The second-order valence-electron chi connectivity index (χ2n) is 4.18. The fraction of sp³-hybridized carbons (Fsp3) is 0.0714. The minimum atomic E-state index is -2.35. The van der Waals surface area contributed by atoms with Gasteiger partial charge < -0.3 is 4.74 Å². The summed E-state index contributed by atoms with van der Waals surface area (Å²) in [4.78, 5) is 11.5. The van der Waals surface area contributed by atoms with Crippen molar-refractivity contribution in [2.24, 2.45) is 0 Å². The molecule has 2 aromatic rings. The van der Waals surface area contributed by atoms with Gasteiger partial charge in [0.2, 0.25) is 34.8 Å². The van der Waals surface area contributed by atoms with Gasteiger partial charge in [-0.15, -0.1) is 0 Å². The summed E-state index contributed by atoms with van der Waals surface area (Å²) in [7, 11) is 0. The molecule has 0 amide bonds. The molecule has 116 valence electrons. The minimum absolute atomic E-state index is 0.232. The molecule has 0 spiro atoms. The molecule has 0 saturated heterocycles. The Labute approximate surface area is 119 Å². The molecular formula is C14H6F6O2. The average Bonchev–Trinajstić information content (AvgIpc) is 2.50. The van der Waals surface area contributed by atoms with Crippen LogP contribution in [-0.2, 0) is 11.2 Å². The van der Waals surface area contributed by atoms with Crippen LogP contribution in [0.4, 0.5) is 26.3 Å². The Kier molecular flexibility index (Phi) is 4.39. The molecule has 2 rings (SSSR count). The van der Waals surface area contributed by atoms with Crippen LogP contribution in [0.25, 0.3) is 0 Å². The number of benzene rings is 2. The fourth-order valence-corrected chi connectivity index (χ4v) is 1.59. The van der Waals surface area contributed by atoms with Crippen LogP contribution >= 0.6 is 0 Å². The van der Waals surface area contributed by atoms with Gasteiger partial charge in [-0.25, -0.2) is 17.6 Å². The zero-order valence-electron chi connectivity index (χ0n) is 10.6. The molecule has 0 heterocycles. The predicted molar refractivity (Wildman–Crippen MR) is 62.0 cm³/mol. The molecule has 0 N–H and O–H groups in total. The number of carbonyl (C=O) groups excluding carboxylic acids is 1. The van der Waals surface area contributed by atoms with Gasteiger partial charge in [0.1, 0.15) is 5.82 Å². The lowest BCUT2D eigenvalue weighted by molar-refractivity contribution is -0.134. The summed E-state index contributed by atoms with van der Waals surface area (Å²) in [6, 6.07) is 4.46. The molecule has 0 bridgehead atoms. The van der Waals surface area contributed by atoms with Crippen LogP contribution in [0.15, 0.2) is 24.3 Å². The van der Waals surface area contributed by atoms with Crippen molar-refractivity contribution < 1.29 is 35.9 Å². The second kappa shape index (κ2) is 6.08. The molecule has 0 saturated carbocycles. The number of halogens is 6. The lowest BCUT2D eigenvalue weighted by atomic mass is 10.1. The summed E-state index contributed by atoms with van der Waals surface area (Å²) in [5, 5.41) is 0. The molecule has 0 aliphatic carbocycles. The first-order valence-electron chi connectivity index (χ1n) is 5.77. The average molecular weight is 320 g/mol. The van der Waals surface area contributed by atoms with Gasteiger partial charge in [0.05, 0.1) is 6.42 Å². The Morgan fingerprint density at radius 1 is 0.773 bits per heavy atom. The quantitative estimate of drug-likeness (QED) is 0.284. The van der Waals surface area contributed by atoms with Gasteiger partial charge in [0.25, 0.3) is 0 Å². The van der Waals surface area contributed by atoms with Crippen LogP contribution in [0.2, 0.25) is 0 Å². The van der Waals surface area contributed by atoms with Crippen LogP contribution < -0.4 is 4.74 Å². The van der Waals surface area contributed by atoms with Gasteiger partial charge in [-0.2, -0.15) is 8.78 Å². The SMILES string of the molecule is O=C(Cc1ccc(F)cc1)Oc1c(F)c(F)c(F)c(F)c1F. The summed E-state index contributed by atoms with van der Waals surface area (Å²) in [5.74, 6) is -14.8. The summed E-state index contributed by atoms with van der Waals surface area (Å²) in [6.07, 6.45) is -0.542. The highest BCUT2D eigenvalue weighted by Crippen LogP contribution is 2.29. The molecule has 0 atom stereocenters. The van der Waals surface area contributed by atoms with Crippen LogP contribution in [-0.4, -0.2) is 5.97 Å². The maximum Gasteiger partial charge on any atom is 0.315 e. The van der Waals surface area contributed by atoms with Crippen LogP contribution in [0, 0.1) is 34.9 Å². The summed E-state index contributed by atoms with van der Waals surface area (Å²) in [6.45, 7) is 0. The van der Waals surface area contributed by atoms with E-state index in [2.05, 4.69) is 4.74 Å². The highest BCUT2D eigenvalue weighted by Gasteiger charge is 2.28. The fourth-order valence-electron chi connectivity index (χ4n) is 1.59. The molecule has 2 aromatic carbocycles. The standard InChI is InChI=1S/C14H6F6O2/c15-7-3-1-6(2-4-7)5-8(21)22-14-12(19)10(17)9(16)11(18)13(14)20/h1-4H,5H2. The number of carbonyl (C=O) groups is 1. The smallest absolute Gasteiger partial charge is 0.315 e. The highest BCUT2D eigenvalue weighted by molar-refractivity contribution is 5.75. The first-order valence-corrected chi connectivity index (χ1v) is 5.77. The third kappa shape index (κ3) is 3.05. The van der Waals surface area contributed by atoms with E-state index in [0.717, 1.165) is 12.1 Å². The third-order valence-electron chi connectivity index (χ3n) is 2.65. The van der Waals surface area contributed by atoms with E-state index < -0.39 is 53.0 Å². The van der Waals surface area contributed by atoms with E-state index in [1.807, 2.05) is 0 Å². The van der Waals surface area contributed by atoms with Gasteiger partial charge in [0, 0.05) is 0 Å². The van der Waals surface area contributed by atoms with Crippen LogP contribution in [0.5, 0.6) is 5.75 Å². The molecule has 0 radical (unpaired) electrons. The van der Waals surface area contributed by atoms with E-state index in [4.69, 9.17) is 0 Å². The van der Waals surface area contributed by atoms with Crippen molar-refractivity contribution in [3.8, 4) is 5.75 Å². The zero-order chi connectivity index (χ0) is 16.4. The summed E-state index contributed by atoms with van der Waals surface area (Å²) >= 11 is 0. The summed E-state index contributed by atoms with van der Waals surface area (Å²) < 4.78 is 82.2. The largest absolute Gasteiger partial charge is 0.420 e. The maximum atomic E-state index is 13.3. The van der Waals surface area contributed by atoms with Gasteiger partial charge in [-0.3, -0.25) is 4.79 Å². The molecule has 0 aliphatic heterocycles. The second-order valence-corrected chi connectivity index (χ2v) is 4.18. The maximum absolute atomic E-state index is 13.3. The number of hydrogen-bond donors (Lipinski definition) is 0. The van der Waals surface area contributed by atoms with Crippen molar-refractivity contribution in [1.29, 1.82) is 0 Å². The normalized spacial score (nSPS) is 10.6. The zero-order valence-corrected chi connectivity index (χ0v) is 10.6. The Morgan fingerprint density at radius 2 is 1.23 bits per heavy atom. The molecule has 0 aromatic heterocycles. The monoisotopic (exact) mass is 320 g/mol. The van der Waals surface area contributed by atoms with Crippen LogP contribution in [0.3, 0.4) is 0 Å². The van der Waals surface area contributed by atoms with Gasteiger partial charge in [-0.05, 0) is 17.7 Å². The van der Waals surface area contributed by atoms with Crippen molar-refractivity contribution in [2.75, 3.05) is 0 Å². The van der Waals surface area contributed by atoms with Gasteiger partial charge >= 0.3 is 5.97 Å². The van der Waals surface area contributed by atoms with E-state index >= 15 is 0 Å². The van der Waals surface area contributed by atoms with E-state index in [1.165, 1.54) is 12.1 Å². The lowest BCUT2D eigenvalue weighted by Gasteiger charge is -2.08. The van der Waals surface area contributed by atoms with Crippen molar-refractivity contribution in [3.05, 3.63) is 64.7 Å². The molecule has 0 aliphatic rings. The Hall–Kier alpha value is -2.51. The minimum Gasteiger partial charge on any atom is -0.420 e. The number of ether oxygens (including phenoxy) is 1. The Bertz CT molecular complexity index is 698. The van der Waals surface area contributed by atoms with Crippen LogP contribution in [0.1, 0.15) is 5.56 Å². The molecule has 22 heavy (non-hydrogen) atoms. The van der Waals surface area contributed by atoms with E-state index in [9.17, 15) is 31.1 Å². The Balaban J connectivity index is 2.24. The first-order chi connectivity index (χ1) is 10.3. The first kappa shape index (κ1) is 15.9. The van der Waals surface area contributed by atoms with Gasteiger partial charge in [-0.1, -0.05) is 12.1 Å². The van der Waals surface area contributed by atoms with E-state index in [1.54, 1.807) is 0 Å². The van der Waals surface area contributed by atoms with E-state index in [-0.39, 0.29) is 5.56 Å². The molecule has 0 unspecified atom stereocenters. The van der Waals surface area contributed by atoms with Crippen molar-refractivity contribution in [1.82, 2.24) is 0 Å². The van der Waals surface area contributed by atoms with Gasteiger partial charge in [0.15, 0.2) is 0 Å². The highest BCUT2D eigenvalue weighted by atomic mass is 19.2. The predicted octanol–water partition coefficient (Wildman–Crippen LogP) is 3.67. The molecule has 0 fully saturated rings. The number of esters is 1. The van der Waals surface area contributed by atoms with E-state index in [0.29, 0.717) is 0 Å².